The predicted octanol–water partition coefficient (Wildman–Crippen LogP) is 2.09. The van der Waals surface area contributed by atoms with Gasteiger partial charge in [0.15, 0.2) is 0 Å². The molecule has 0 aliphatic carbocycles. The Hall–Kier alpha value is -1.30. The number of halogens is 3. The predicted molar refractivity (Wildman–Crippen MR) is 52.3 cm³/mol. The van der Waals surface area contributed by atoms with Crippen molar-refractivity contribution in [3.8, 4) is 0 Å². The highest BCUT2D eigenvalue weighted by atomic mass is 35.5. The number of aromatic nitrogens is 2. The Morgan fingerprint density at radius 2 is 2.19 bits per heavy atom. The summed E-state index contributed by atoms with van der Waals surface area (Å²) < 4.78 is 31.1. The van der Waals surface area contributed by atoms with Crippen LogP contribution >= 0.6 is 11.6 Å². The minimum atomic E-state index is -3.88. The van der Waals surface area contributed by atoms with Gasteiger partial charge in [0.05, 0.1) is 6.61 Å². The van der Waals surface area contributed by atoms with Crippen molar-refractivity contribution in [1.82, 2.24) is 9.97 Å². The normalized spacial score (nSPS) is 11.3. The summed E-state index contributed by atoms with van der Waals surface area (Å²) >= 11 is 5.50. The molecule has 1 aromatic heterocycles. The van der Waals surface area contributed by atoms with E-state index in [-0.39, 0.29) is 17.5 Å². The number of esters is 1. The second-order valence-electron chi connectivity index (χ2n) is 2.95. The van der Waals surface area contributed by atoms with Crippen LogP contribution in [-0.2, 0) is 15.5 Å². The third kappa shape index (κ3) is 2.63. The fourth-order valence-electron chi connectivity index (χ4n) is 0.984. The number of alkyl halides is 2. The van der Waals surface area contributed by atoms with Gasteiger partial charge in [-0.15, -0.1) is 0 Å². The maximum absolute atomic E-state index is 13.4. The second kappa shape index (κ2) is 4.69. The third-order valence-corrected chi connectivity index (χ3v) is 1.83. The van der Waals surface area contributed by atoms with Gasteiger partial charge in [-0.1, -0.05) is 11.6 Å². The average Bonchev–Trinajstić information content (AvgIpc) is 2.16. The highest BCUT2D eigenvalue weighted by molar-refractivity contribution is 6.29. The third-order valence-electron chi connectivity index (χ3n) is 1.64. The Kier molecular flexibility index (Phi) is 3.74. The summed E-state index contributed by atoms with van der Waals surface area (Å²) in [7, 11) is 0. The summed E-state index contributed by atoms with van der Waals surface area (Å²) in [6.07, 6.45) is 0. The van der Waals surface area contributed by atoms with Gasteiger partial charge >= 0.3 is 11.9 Å². The van der Waals surface area contributed by atoms with Crippen molar-refractivity contribution < 1.29 is 18.3 Å². The minimum absolute atomic E-state index is 0.145. The first-order valence-electron chi connectivity index (χ1n) is 4.44. The van der Waals surface area contributed by atoms with Crippen LogP contribution in [0.4, 0.5) is 8.78 Å². The molecule has 0 saturated heterocycles. The summed E-state index contributed by atoms with van der Waals surface area (Å²) in [5.74, 6) is -6.52. The van der Waals surface area contributed by atoms with Gasteiger partial charge in [-0.05, 0) is 19.9 Å². The van der Waals surface area contributed by atoms with Gasteiger partial charge < -0.3 is 4.74 Å². The molecule has 0 aliphatic heterocycles. The van der Waals surface area contributed by atoms with Gasteiger partial charge in [0.1, 0.15) is 5.15 Å². The summed E-state index contributed by atoms with van der Waals surface area (Å²) in [4.78, 5) is 17.8. The lowest BCUT2D eigenvalue weighted by molar-refractivity contribution is -0.174. The van der Waals surface area contributed by atoms with E-state index in [0.29, 0.717) is 0 Å². The molecule has 1 aromatic rings. The van der Waals surface area contributed by atoms with Crippen molar-refractivity contribution in [2.24, 2.45) is 0 Å². The van der Waals surface area contributed by atoms with E-state index >= 15 is 0 Å². The van der Waals surface area contributed by atoms with Crippen molar-refractivity contribution in [2.45, 2.75) is 19.8 Å². The Balaban J connectivity index is 3.10. The lowest BCUT2D eigenvalue weighted by Crippen LogP contribution is -2.30. The Morgan fingerprint density at radius 1 is 1.56 bits per heavy atom. The molecule has 0 N–H and O–H groups in total. The molecule has 0 aliphatic rings. The molecule has 7 heteroatoms. The number of ether oxygens (including phenoxy) is 1. The molecule has 1 heterocycles. The number of carbonyl (C=O) groups excluding carboxylic acids is 1. The monoisotopic (exact) mass is 250 g/mol. The first-order valence-corrected chi connectivity index (χ1v) is 4.82. The van der Waals surface area contributed by atoms with E-state index in [9.17, 15) is 13.6 Å². The lowest BCUT2D eigenvalue weighted by atomic mass is 10.3. The van der Waals surface area contributed by atoms with Crippen LogP contribution < -0.4 is 0 Å². The first-order chi connectivity index (χ1) is 7.37. The number of nitrogens with zero attached hydrogens (tertiary/aromatic N) is 2. The molecule has 88 valence electrons. The molecule has 0 bridgehead atoms. The van der Waals surface area contributed by atoms with Crippen LogP contribution in [0.15, 0.2) is 6.07 Å². The van der Waals surface area contributed by atoms with Gasteiger partial charge in [-0.2, -0.15) is 8.78 Å². The molecule has 1 rings (SSSR count). The van der Waals surface area contributed by atoms with Crippen LogP contribution in [0, 0.1) is 6.92 Å². The van der Waals surface area contributed by atoms with E-state index in [1.54, 1.807) is 0 Å². The smallest absolute Gasteiger partial charge is 0.401 e. The van der Waals surface area contributed by atoms with Crippen molar-refractivity contribution in [3.63, 3.8) is 0 Å². The molecule has 0 radical (unpaired) electrons. The van der Waals surface area contributed by atoms with Gasteiger partial charge in [-0.3, -0.25) is 0 Å². The summed E-state index contributed by atoms with van der Waals surface area (Å²) in [6.45, 7) is 2.75. The Morgan fingerprint density at radius 3 is 2.69 bits per heavy atom. The number of hydrogen-bond donors (Lipinski definition) is 0. The lowest BCUT2D eigenvalue weighted by Gasteiger charge is -2.13. The van der Waals surface area contributed by atoms with Crippen molar-refractivity contribution in [1.29, 1.82) is 0 Å². The fraction of sp³-hybridized carbons (Fsp3) is 0.444. The average molecular weight is 251 g/mol. The quantitative estimate of drug-likeness (QED) is 0.609. The van der Waals surface area contributed by atoms with E-state index in [1.165, 1.54) is 19.9 Å². The zero-order valence-electron chi connectivity index (χ0n) is 8.63. The van der Waals surface area contributed by atoms with Crippen molar-refractivity contribution in [3.05, 3.63) is 22.7 Å². The van der Waals surface area contributed by atoms with Gasteiger partial charge in [0, 0.05) is 5.69 Å². The van der Waals surface area contributed by atoms with E-state index in [0.717, 1.165) is 0 Å². The zero-order valence-corrected chi connectivity index (χ0v) is 9.39. The summed E-state index contributed by atoms with van der Waals surface area (Å²) in [6, 6.07) is 1.31. The van der Waals surface area contributed by atoms with Crippen LogP contribution in [0.1, 0.15) is 18.4 Å². The largest absolute Gasteiger partial charge is 0.461 e. The zero-order chi connectivity index (χ0) is 12.3. The van der Waals surface area contributed by atoms with Crippen molar-refractivity contribution in [2.75, 3.05) is 6.61 Å². The topological polar surface area (TPSA) is 52.1 Å². The molecule has 0 spiro atoms. The first kappa shape index (κ1) is 12.8. The fourth-order valence-corrected chi connectivity index (χ4v) is 1.22. The molecular formula is C9H9ClF2N2O2. The molecule has 0 saturated carbocycles. The number of carbonyl (C=O) groups is 1. The van der Waals surface area contributed by atoms with Gasteiger partial charge in [-0.25, -0.2) is 14.8 Å². The maximum atomic E-state index is 13.4. The minimum Gasteiger partial charge on any atom is -0.461 e. The molecular weight excluding hydrogens is 242 g/mol. The number of hydrogen-bond acceptors (Lipinski definition) is 4. The molecule has 0 aromatic carbocycles. The number of rotatable bonds is 3. The molecule has 4 nitrogen and oxygen atoms in total. The molecule has 0 fully saturated rings. The summed E-state index contributed by atoms with van der Waals surface area (Å²) in [5.41, 5.74) is 0.249. The highest BCUT2D eigenvalue weighted by Crippen LogP contribution is 2.27. The second-order valence-corrected chi connectivity index (χ2v) is 3.34. The molecule has 0 amide bonds. The summed E-state index contributed by atoms with van der Waals surface area (Å²) in [5, 5.41) is -0.147. The number of aryl methyl sites for hydroxylation is 1. The Labute approximate surface area is 95.6 Å². The van der Waals surface area contributed by atoms with Gasteiger partial charge in [0.25, 0.3) is 0 Å². The van der Waals surface area contributed by atoms with Crippen LogP contribution in [0.25, 0.3) is 0 Å². The maximum Gasteiger partial charge on any atom is 0.401 e. The molecule has 16 heavy (non-hydrogen) atoms. The Bertz CT molecular complexity index is 392. The van der Waals surface area contributed by atoms with Crippen LogP contribution in [0.3, 0.4) is 0 Å². The van der Waals surface area contributed by atoms with E-state index in [4.69, 9.17) is 11.6 Å². The van der Waals surface area contributed by atoms with Crippen molar-refractivity contribution >= 4 is 17.6 Å². The molecule has 0 atom stereocenters. The van der Waals surface area contributed by atoms with Gasteiger partial charge in [0.2, 0.25) is 5.82 Å². The standard InChI is InChI=1S/C9H9ClF2N2O2/c1-3-16-8(15)9(11,12)7-13-5(2)4-6(10)14-7/h4H,3H2,1-2H3. The van der Waals surface area contributed by atoms with E-state index in [1.807, 2.05) is 0 Å². The van der Waals surface area contributed by atoms with E-state index in [2.05, 4.69) is 14.7 Å². The highest BCUT2D eigenvalue weighted by Gasteiger charge is 2.46. The SMILES string of the molecule is CCOC(=O)C(F)(F)c1nc(C)cc(Cl)n1. The van der Waals surface area contributed by atoms with Crippen LogP contribution in [-0.4, -0.2) is 22.5 Å². The van der Waals surface area contributed by atoms with Crippen LogP contribution in [0.2, 0.25) is 5.15 Å². The molecule has 0 unspecified atom stereocenters. The van der Waals surface area contributed by atoms with E-state index < -0.39 is 17.7 Å². The van der Waals surface area contributed by atoms with Crippen LogP contribution in [0.5, 0.6) is 0 Å².